The van der Waals surface area contributed by atoms with Gasteiger partial charge in [0.15, 0.2) is 5.69 Å². The number of rotatable bonds is 4. The Morgan fingerprint density at radius 2 is 2.19 bits per heavy atom. The molecule has 0 bridgehead atoms. The van der Waals surface area contributed by atoms with Gasteiger partial charge in [0.2, 0.25) is 0 Å². The fourth-order valence-corrected chi connectivity index (χ4v) is 4.28. The lowest BCUT2D eigenvalue weighted by atomic mass is 10.00. The van der Waals surface area contributed by atoms with Gasteiger partial charge in [-0.2, -0.15) is 5.10 Å². The second-order valence-corrected chi connectivity index (χ2v) is 7.75. The van der Waals surface area contributed by atoms with Gasteiger partial charge in [-0.25, -0.2) is 4.68 Å². The van der Waals surface area contributed by atoms with Crippen molar-refractivity contribution < 1.29 is 4.79 Å². The number of fused-ring (bicyclic) bond motifs is 1. The van der Waals surface area contributed by atoms with Crippen molar-refractivity contribution in [1.29, 1.82) is 0 Å². The summed E-state index contributed by atoms with van der Waals surface area (Å²) in [6, 6.07) is 6.40. The van der Waals surface area contributed by atoms with Crippen molar-refractivity contribution in [2.75, 3.05) is 19.6 Å². The van der Waals surface area contributed by atoms with E-state index in [2.05, 4.69) is 42.7 Å². The van der Waals surface area contributed by atoms with Crippen LogP contribution in [0.3, 0.4) is 0 Å². The summed E-state index contributed by atoms with van der Waals surface area (Å²) in [5.74, 6) is 0.513. The number of piperidine rings is 1. The molecule has 1 aliphatic heterocycles. The highest BCUT2D eigenvalue weighted by molar-refractivity contribution is 5.94. The Morgan fingerprint density at radius 1 is 1.31 bits per heavy atom. The van der Waals surface area contributed by atoms with Crippen molar-refractivity contribution in [2.45, 2.75) is 46.0 Å². The minimum absolute atomic E-state index is 0.0164. The first-order valence-corrected chi connectivity index (χ1v) is 9.81. The van der Waals surface area contributed by atoms with Crippen LogP contribution in [0.1, 0.15) is 52.1 Å². The zero-order chi connectivity index (χ0) is 18.1. The molecule has 1 aromatic heterocycles. The Balaban J connectivity index is 1.58. The molecule has 2 aromatic rings. The highest BCUT2D eigenvalue weighted by Crippen LogP contribution is 2.29. The van der Waals surface area contributed by atoms with E-state index >= 15 is 0 Å². The molecule has 26 heavy (non-hydrogen) atoms. The zero-order valence-electron chi connectivity index (χ0n) is 15.8. The maximum absolute atomic E-state index is 12.8. The fraction of sp³-hybridized carbons (Fsp3) is 0.524. The summed E-state index contributed by atoms with van der Waals surface area (Å²) in [6.07, 6.45) is 5.42. The Bertz CT molecular complexity index is 818. The molecule has 0 radical (unpaired) electrons. The lowest BCUT2D eigenvalue weighted by Crippen LogP contribution is -2.38. The molecule has 2 aliphatic rings. The fourth-order valence-electron chi connectivity index (χ4n) is 4.28. The average molecular weight is 352 g/mol. The first-order chi connectivity index (χ1) is 12.6. The SMILES string of the molecule is Cc1ccc(-n2nc(C(=O)NCC3CCCNC3)c3c2CCC3)c(C)c1. The summed E-state index contributed by atoms with van der Waals surface area (Å²) in [5, 5.41) is 11.3. The largest absolute Gasteiger partial charge is 0.350 e. The van der Waals surface area contributed by atoms with Crippen molar-refractivity contribution in [3.05, 3.63) is 46.3 Å². The van der Waals surface area contributed by atoms with E-state index in [1.165, 1.54) is 29.7 Å². The summed E-state index contributed by atoms with van der Waals surface area (Å²) in [7, 11) is 0. The monoisotopic (exact) mass is 352 g/mol. The van der Waals surface area contributed by atoms with Crippen LogP contribution in [-0.2, 0) is 12.8 Å². The van der Waals surface area contributed by atoms with E-state index < -0.39 is 0 Å². The number of nitrogens with zero attached hydrogens (tertiary/aromatic N) is 2. The van der Waals surface area contributed by atoms with Crippen LogP contribution in [0.25, 0.3) is 5.69 Å². The van der Waals surface area contributed by atoms with Crippen molar-refractivity contribution in [3.63, 3.8) is 0 Å². The van der Waals surface area contributed by atoms with Crippen molar-refractivity contribution >= 4 is 5.91 Å². The molecule has 1 saturated heterocycles. The maximum Gasteiger partial charge on any atom is 0.272 e. The third kappa shape index (κ3) is 3.28. The molecule has 1 unspecified atom stereocenters. The van der Waals surface area contributed by atoms with Crippen LogP contribution in [0, 0.1) is 19.8 Å². The second-order valence-electron chi connectivity index (χ2n) is 7.75. The van der Waals surface area contributed by atoms with E-state index in [9.17, 15) is 4.79 Å². The quantitative estimate of drug-likeness (QED) is 0.889. The van der Waals surface area contributed by atoms with E-state index in [4.69, 9.17) is 5.10 Å². The number of hydrogen-bond donors (Lipinski definition) is 2. The van der Waals surface area contributed by atoms with E-state index in [0.29, 0.717) is 11.6 Å². The van der Waals surface area contributed by atoms with Crippen LogP contribution in [0.5, 0.6) is 0 Å². The number of nitrogens with one attached hydrogen (secondary N) is 2. The van der Waals surface area contributed by atoms with E-state index in [-0.39, 0.29) is 5.91 Å². The average Bonchev–Trinajstić information content (AvgIpc) is 3.24. The molecule has 5 nitrogen and oxygen atoms in total. The summed E-state index contributed by atoms with van der Waals surface area (Å²) in [5.41, 5.74) is 6.51. The first-order valence-electron chi connectivity index (χ1n) is 9.81. The van der Waals surface area contributed by atoms with Crippen LogP contribution in [0.4, 0.5) is 0 Å². The lowest BCUT2D eigenvalue weighted by Gasteiger charge is -2.22. The first kappa shape index (κ1) is 17.3. The summed E-state index contributed by atoms with van der Waals surface area (Å²) >= 11 is 0. The van der Waals surface area contributed by atoms with Gasteiger partial charge in [-0.3, -0.25) is 4.79 Å². The predicted molar refractivity (Wildman–Crippen MR) is 103 cm³/mol. The molecule has 0 spiro atoms. The van der Waals surface area contributed by atoms with Crippen LogP contribution in [-0.4, -0.2) is 35.3 Å². The third-order valence-corrected chi connectivity index (χ3v) is 5.68. The molecule has 1 fully saturated rings. The van der Waals surface area contributed by atoms with Crippen LogP contribution in [0.2, 0.25) is 0 Å². The van der Waals surface area contributed by atoms with Crippen molar-refractivity contribution in [1.82, 2.24) is 20.4 Å². The molecular weight excluding hydrogens is 324 g/mol. The van der Waals surface area contributed by atoms with Crippen molar-refractivity contribution in [2.24, 2.45) is 5.92 Å². The topological polar surface area (TPSA) is 59.0 Å². The van der Waals surface area contributed by atoms with Gasteiger partial charge < -0.3 is 10.6 Å². The van der Waals surface area contributed by atoms with Gasteiger partial charge in [0.05, 0.1) is 5.69 Å². The number of carbonyl (C=O) groups excluding carboxylic acids is 1. The number of carbonyl (C=O) groups is 1. The lowest BCUT2D eigenvalue weighted by molar-refractivity contribution is 0.0938. The van der Waals surface area contributed by atoms with E-state index in [1.807, 2.05) is 4.68 Å². The highest BCUT2D eigenvalue weighted by Gasteiger charge is 2.27. The van der Waals surface area contributed by atoms with Gasteiger partial charge in [-0.05, 0) is 76.6 Å². The molecule has 1 aromatic carbocycles. The molecule has 4 rings (SSSR count). The van der Waals surface area contributed by atoms with E-state index in [1.54, 1.807) is 0 Å². The number of amides is 1. The summed E-state index contributed by atoms with van der Waals surface area (Å²) in [4.78, 5) is 12.8. The molecule has 5 heteroatoms. The van der Waals surface area contributed by atoms with Crippen LogP contribution in [0.15, 0.2) is 18.2 Å². The Morgan fingerprint density at radius 3 is 2.96 bits per heavy atom. The Kier molecular flexibility index (Phi) is 4.81. The number of benzene rings is 1. The van der Waals surface area contributed by atoms with Gasteiger partial charge in [0.1, 0.15) is 0 Å². The molecule has 138 valence electrons. The molecule has 2 N–H and O–H groups in total. The molecule has 1 aliphatic carbocycles. The molecule has 2 heterocycles. The summed E-state index contributed by atoms with van der Waals surface area (Å²) in [6.45, 7) is 7.04. The number of aromatic nitrogens is 2. The van der Waals surface area contributed by atoms with Crippen molar-refractivity contribution in [3.8, 4) is 5.69 Å². The smallest absolute Gasteiger partial charge is 0.272 e. The van der Waals surface area contributed by atoms with Gasteiger partial charge >= 0.3 is 0 Å². The zero-order valence-corrected chi connectivity index (χ0v) is 15.8. The number of aryl methyl sites for hydroxylation is 2. The second kappa shape index (κ2) is 7.23. The Hall–Kier alpha value is -2.14. The molecule has 1 atom stereocenters. The van der Waals surface area contributed by atoms with Gasteiger partial charge in [0, 0.05) is 17.8 Å². The normalized spacial score (nSPS) is 19.4. The minimum atomic E-state index is -0.0164. The van der Waals surface area contributed by atoms with Crippen LogP contribution >= 0.6 is 0 Å². The van der Waals surface area contributed by atoms with Gasteiger partial charge in [0.25, 0.3) is 5.91 Å². The summed E-state index contributed by atoms with van der Waals surface area (Å²) < 4.78 is 2.01. The third-order valence-electron chi connectivity index (χ3n) is 5.68. The van der Waals surface area contributed by atoms with Gasteiger partial charge in [-0.15, -0.1) is 0 Å². The Labute approximate surface area is 155 Å². The molecule has 1 amide bonds. The molecular formula is C21H28N4O. The van der Waals surface area contributed by atoms with Gasteiger partial charge in [-0.1, -0.05) is 17.7 Å². The highest BCUT2D eigenvalue weighted by atomic mass is 16.1. The standard InChI is InChI=1S/C21H28N4O/c1-14-8-9-18(15(2)11-14)25-19-7-3-6-17(19)20(24-25)21(26)23-13-16-5-4-10-22-12-16/h8-9,11,16,22H,3-7,10,12-13H2,1-2H3,(H,23,26). The predicted octanol–water partition coefficient (Wildman–Crippen LogP) is 2.71. The molecule has 0 saturated carbocycles. The van der Waals surface area contributed by atoms with Crippen LogP contribution < -0.4 is 10.6 Å². The number of hydrogen-bond acceptors (Lipinski definition) is 3. The van der Waals surface area contributed by atoms with E-state index in [0.717, 1.165) is 50.1 Å². The minimum Gasteiger partial charge on any atom is -0.350 e. The maximum atomic E-state index is 12.8.